The molecule has 0 aliphatic carbocycles. The molecule has 1 amide bonds. The molecule has 1 aromatic heterocycles. The maximum Gasteiger partial charge on any atom is 0.227 e. The van der Waals surface area contributed by atoms with E-state index in [0.717, 1.165) is 0 Å². The number of thioether (sulfide) groups is 1. The average molecular weight is 324 g/mol. The minimum absolute atomic E-state index is 0.144. The quantitative estimate of drug-likeness (QED) is 0.789. The molecule has 0 aliphatic heterocycles. The van der Waals surface area contributed by atoms with Gasteiger partial charge in [0.25, 0.3) is 0 Å². The number of hydrogen-bond donors (Lipinski definition) is 1. The third-order valence-electron chi connectivity index (χ3n) is 2.90. The van der Waals surface area contributed by atoms with Gasteiger partial charge in [-0.1, -0.05) is 11.8 Å². The minimum atomic E-state index is -0.409. The van der Waals surface area contributed by atoms with E-state index in [1.54, 1.807) is 12.1 Å². The summed E-state index contributed by atoms with van der Waals surface area (Å²) >= 11 is 1.24. The summed E-state index contributed by atoms with van der Waals surface area (Å²) < 4.78 is 20.5. The normalized spacial score (nSPS) is 12.1. The smallest absolute Gasteiger partial charge is 0.227 e. The molecule has 0 unspecified atom stereocenters. The highest BCUT2D eigenvalue weighted by Crippen LogP contribution is 2.24. The zero-order valence-corrected chi connectivity index (χ0v) is 13.1. The van der Waals surface area contributed by atoms with Crippen LogP contribution in [0.5, 0.6) is 5.75 Å². The molecule has 8 heteroatoms. The van der Waals surface area contributed by atoms with Gasteiger partial charge in [-0.05, 0) is 38.1 Å². The van der Waals surface area contributed by atoms with Crippen LogP contribution in [0.25, 0.3) is 0 Å². The van der Waals surface area contributed by atoms with Crippen LogP contribution in [0.15, 0.2) is 29.4 Å². The highest BCUT2D eigenvalue weighted by Gasteiger charge is 2.19. The summed E-state index contributed by atoms with van der Waals surface area (Å²) in [6.07, 6.45) is -0.360. The van der Waals surface area contributed by atoms with Crippen molar-refractivity contribution in [1.82, 2.24) is 14.8 Å². The van der Waals surface area contributed by atoms with Gasteiger partial charge in [-0.25, -0.2) is 4.39 Å². The fourth-order valence-corrected chi connectivity index (χ4v) is 2.66. The molecule has 2 rings (SSSR count). The Hall–Kier alpha value is -2.09. The molecule has 1 atom stereocenters. The van der Waals surface area contributed by atoms with E-state index in [1.807, 2.05) is 18.4 Å². The van der Waals surface area contributed by atoms with Crippen molar-refractivity contribution in [2.24, 2.45) is 5.73 Å². The van der Waals surface area contributed by atoms with E-state index >= 15 is 0 Å². The lowest BCUT2D eigenvalue weighted by Gasteiger charge is -2.15. The predicted molar refractivity (Wildman–Crippen MR) is 81.1 cm³/mol. The predicted octanol–water partition coefficient (Wildman–Crippen LogP) is 2.15. The van der Waals surface area contributed by atoms with Crippen molar-refractivity contribution in [3.8, 4) is 5.75 Å². The monoisotopic (exact) mass is 324 g/mol. The number of aromatic nitrogens is 3. The molecular weight excluding hydrogens is 307 g/mol. The van der Waals surface area contributed by atoms with Crippen molar-refractivity contribution in [3.05, 3.63) is 35.9 Å². The van der Waals surface area contributed by atoms with Crippen molar-refractivity contribution < 1.29 is 13.9 Å². The van der Waals surface area contributed by atoms with E-state index < -0.39 is 5.91 Å². The second-order valence-electron chi connectivity index (χ2n) is 4.55. The Morgan fingerprint density at radius 3 is 2.68 bits per heavy atom. The van der Waals surface area contributed by atoms with E-state index in [4.69, 9.17) is 10.5 Å². The highest BCUT2D eigenvalue weighted by atomic mass is 32.2. The molecule has 0 bridgehead atoms. The number of primary amides is 1. The average Bonchev–Trinajstić information content (AvgIpc) is 2.90. The Balaban J connectivity index is 2.13. The first-order valence-electron chi connectivity index (χ1n) is 6.77. The number of halogens is 1. The van der Waals surface area contributed by atoms with E-state index in [9.17, 15) is 9.18 Å². The molecule has 0 fully saturated rings. The zero-order valence-electron chi connectivity index (χ0n) is 12.3. The summed E-state index contributed by atoms with van der Waals surface area (Å²) in [6.45, 7) is 4.43. The van der Waals surface area contributed by atoms with Gasteiger partial charge in [-0.2, -0.15) is 0 Å². The molecule has 0 aliphatic rings. The first-order valence-corrected chi connectivity index (χ1v) is 7.76. The standard InChI is InChI=1S/C14H17FN4O2S/c1-3-19-13(17-18-14(19)22-8-12(16)20)9(2)21-11-6-4-10(15)5-7-11/h4-7,9H,3,8H2,1-2H3,(H2,16,20)/t9-/m0/s1. The van der Waals surface area contributed by atoms with Gasteiger partial charge in [0.2, 0.25) is 5.91 Å². The van der Waals surface area contributed by atoms with E-state index in [2.05, 4.69) is 10.2 Å². The topological polar surface area (TPSA) is 83.0 Å². The number of benzene rings is 1. The van der Waals surface area contributed by atoms with Crippen LogP contribution in [-0.2, 0) is 11.3 Å². The van der Waals surface area contributed by atoms with Gasteiger partial charge in [-0.15, -0.1) is 10.2 Å². The van der Waals surface area contributed by atoms with Crippen molar-refractivity contribution >= 4 is 17.7 Å². The van der Waals surface area contributed by atoms with Crippen LogP contribution in [0, 0.1) is 5.82 Å². The fourth-order valence-electron chi connectivity index (χ4n) is 1.91. The molecule has 0 radical (unpaired) electrons. The number of carbonyl (C=O) groups excluding carboxylic acids is 1. The molecule has 0 saturated heterocycles. The van der Waals surface area contributed by atoms with E-state index in [0.29, 0.717) is 23.3 Å². The van der Waals surface area contributed by atoms with Crippen LogP contribution in [0.4, 0.5) is 4.39 Å². The lowest BCUT2D eigenvalue weighted by molar-refractivity contribution is -0.115. The Morgan fingerprint density at radius 1 is 1.41 bits per heavy atom. The number of rotatable bonds is 7. The highest BCUT2D eigenvalue weighted by molar-refractivity contribution is 7.99. The Morgan fingerprint density at radius 2 is 2.09 bits per heavy atom. The molecule has 6 nitrogen and oxygen atoms in total. The van der Waals surface area contributed by atoms with Crippen LogP contribution in [0.2, 0.25) is 0 Å². The summed E-state index contributed by atoms with van der Waals surface area (Å²) in [5.74, 6) is 0.602. The molecule has 2 aromatic rings. The van der Waals surface area contributed by atoms with Gasteiger partial charge in [0, 0.05) is 6.54 Å². The minimum Gasteiger partial charge on any atom is -0.483 e. The molecule has 1 heterocycles. The first-order chi connectivity index (χ1) is 10.5. The summed E-state index contributed by atoms with van der Waals surface area (Å²) in [5, 5.41) is 8.80. The summed E-state index contributed by atoms with van der Waals surface area (Å²) in [7, 11) is 0. The van der Waals surface area contributed by atoms with Crippen LogP contribution in [0.3, 0.4) is 0 Å². The number of nitrogens with zero attached hydrogens (tertiary/aromatic N) is 3. The second kappa shape index (κ2) is 7.26. The van der Waals surface area contributed by atoms with Gasteiger partial charge in [-0.3, -0.25) is 4.79 Å². The molecule has 22 heavy (non-hydrogen) atoms. The number of amides is 1. The number of nitrogens with two attached hydrogens (primary N) is 1. The van der Waals surface area contributed by atoms with Crippen molar-refractivity contribution in [2.45, 2.75) is 31.7 Å². The molecule has 1 aromatic carbocycles. The summed E-state index contributed by atoms with van der Waals surface area (Å²) in [5.41, 5.74) is 5.14. The third kappa shape index (κ3) is 3.97. The van der Waals surface area contributed by atoms with Crippen molar-refractivity contribution in [3.63, 3.8) is 0 Å². The van der Waals surface area contributed by atoms with Gasteiger partial charge in [0.15, 0.2) is 17.1 Å². The van der Waals surface area contributed by atoms with Crippen LogP contribution >= 0.6 is 11.8 Å². The number of ether oxygens (including phenoxy) is 1. The van der Waals surface area contributed by atoms with Gasteiger partial charge < -0.3 is 15.0 Å². The third-order valence-corrected chi connectivity index (χ3v) is 3.88. The maximum absolute atomic E-state index is 12.9. The SMILES string of the molecule is CCn1c(SCC(N)=O)nnc1[C@H](C)Oc1ccc(F)cc1. The molecular formula is C14H17FN4O2S. The molecule has 0 saturated carbocycles. The van der Waals surface area contributed by atoms with Crippen molar-refractivity contribution in [1.29, 1.82) is 0 Å². The van der Waals surface area contributed by atoms with Crippen LogP contribution in [0.1, 0.15) is 25.8 Å². The fraction of sp³-hybridized carbons (Fsp3) is 0.357. The van der Waals surface area contributed by atoms with Crippen LogP contribution in [-0.4, -0.2) is 26.4 Å². The van der Waals surface area contributed by atoms with Crippen LogP contribution < -0.4 is 10.5 Å². The lowest BCUT2D eigenvalue weighted by atomic mass is 10.3. The Labute approximate surface area is 131 Å². The van der Waals surface area contributed by atoms with E-state index in [-0.39, 0.29) is 17.7 Å². The number of hydrogen-bond acceptors (Lipinski definition) is 5. The maximum atomic E-state index is 12.9. The van der Waals surface area contributed by atoms with Gasteiger partial charge in [0.1, 0.15) is 11.6 Å². The van der Waals surface area contributed by atoms with E-state index in [1.165, 1.54) is 23.9 Å². The zero-order chi connectivity index (χ0) is 16.1. The Bertz CT molecular complexity index is 645. The Kier molecular flexibility index (Phi) is 5.37. The molecule has 118 valence electrons. The van der Waals surface area contributed by atoms with Gasteiger partial charge >= 0.3 is 0 Å². The number of carbonyl (C=O) groups is 1. The van der Waals surface area contributed by atoms with Crippen molar-refractivity contribution in [2.75, 3.05) is 5.75 Å². The lowest BCUT2D eigenvalue weighted by Crippen LogP contribution is -2.15. The summed E-state index contributed by atoms with van der Waals surface area (Å²) in [6, 6.07) is 5.78. The summed E-state index contributed by atoms with van der Waals surface area (Å²) in [4.78, 5) is 10.9. The molecule has 2 N–H and O–H groups in total. The molecule has 0 spiro atoms. The first kappa shape index (κ1) is 16.3. The largest absolute Gasteiger partial charge is 0.483 e. The second-order valence-corrected chi connectivity index (χ2v) is 5.50. The van der Waals surface area contributed by atoms with Gasteiger partial charge in [0.05, 0.1) is 5.75 Å².